The number of hydrogen-bond donors (Lipinski definition) is 2. The summed E-state index contributed by atoms with van der Waals surface area (Å²) in [5, 5.41) is 2.90. The van der Waals surface area contributed by atoms with Crippen LogP contribution in [0.1, 0.15) is 38.4 Å². The minimum absolute atomic E-state index is 0.0249. The topological polar surface area (TPSA) is 118 Å². The first-order chi connectivity index (χ1) is 15.9. The van der Waals surface area contributed by atoms with Crippen LogP contribution in [-0.4, -0.2) is 57.0 Å². The molecule has 3 rings (SSSR count). The van der Waals surface area contributed by atoms with Gasteiger partial charge in [0.05, 0.1) is 30.4 Å². The van der Waals surface area contributed by atoms with Gasteiger partial charge in [0.2, 0.25) is 21.8 Å². The number of furan rings is 1. The molecule has 33 heavy (non-hydrogen) atoms. The minimum Gasteiger partial charge on any atom is -0.467 e. The van der Waals surface area contributed by atoms with Crippen molar-refractivity contribution in [3.63, 3.8) is 0 Å². The van der Waals surface area contributed by atoms with Crippen molar-refractivity contribution in [1.29, 1.82) is 0 Å². The molecule has 0 aliphatic carbocycles. The number of hydrogen-bond acceptors (Lipinski definition) is 6. The molecular formula is C23H31N3O6S. The third-order valence-corrected chi connectivity index (χ3v) is 6.88. The van der Waals surface area contributed by atoms with Crippen LogP contribution in [0.4, 0.5) is 0 Å². The van der Waals surface area contributed by atoms with Crippen molar-refractivity contribution in [2.24, 2.45) is 0 Å². The second kappa shape index (κ2) is 12.0. The SMILES string of the molecule is CCC[C@@H](C(=O)NC[C@@H]1CCCO1)N(Cc1ccco1)C(=O)CNS(=O)(=O)c1ccccc1. The molecule has 2 aromatic rings. The smallest absolute Gasteiger partial charge is 0.242 e. The maximum Gasteiger partial charge on any atom is 0.242 e. The quantitative estimate of drug-likeness (QED) is 0.483. The molecule has 2 heterocycles. The summed E-state index contributed by atoms with van der Waals surface area (Å²) in [4.78, 5) is 27.7. The Bertz CT molecular complexity index is 988. The fourth-order valence-electron chi connectivity index (χ4n) is 3.72. The second-order valence-corrected chi connectivity index (χ2v) is 9.69. The number of carbonyl (C=O) groups is 2. The zero-order chi connectivity index (χ0) is 23.7. The molecule has 180 valence electrons. The summed E-state index contributed by atoms with van der Waals surface area (Å²) in [6, 6.07) is 10.5. The summed E-state index contributed by atoms with van der Waals surface area (Å²) < 4.78 is 38.4. The van der Waals surface area contributed by atoms with Crippen LogP contribution in [0.15, 0.2) is 58.0 Å². The highest BCUT2D eigenvalue weighted by Crippen LogP contribution is 2.16. The molecule has 1 aromatic heterocycles. The maximum atomic E-state index is 13.2. The van der Waals surface area contributed by atoms with Gasteiger partial charge in [0, 0.05) is 13.2 Å². The van der Waals surface area contributed by atoms with E-state index < -0.39 is 28.5 Å². The van der Waals surface area contributed by atoms with Crippen LogP contribution in [0.5, 0.6) is 0 Å². The van der Waals surface area contributed by atoms with E-state index in [2.05, 4.69) is 10.0 Å². The van der Waals surface area contributed by atoms with Crippen molar-refractivity contribution in [3.8, 4) is 0 Å². The van der Waals surface area contributed by atoms with Crippen LogP contribution < -0.4 is 10.0 Å². The molecule has 1 aromatic carbocycles. The number of benzene rings is 1. The summed E-state index contributed by atoms with van der Waals surface area (Å²) >= 11 is 0. The number of amides is 2. The van der Waals surface area contributed by atoms with Crippen LogP contribution in [0.25, 0.3) is 0 Å². The van der Waals surface area contributed by atoms with E-state index in [1.54, 1.807) is 30.3 Å². The summed E-state index contributed by atoms with van der Waals surface area (Å²) in [7, 11) is -3.87. The third kappa shape index (κ3) is 7.15. The molecule has 1 saturated heterocycles. The van der Waals surface area contributed by atoms with Crippen molar-refractivity contribution in [2.45, 2.75) is 56.2 Å². The molecule has 1 aliphatic rings. The molecular weight excluding hydrogens is 446 g/mol. The molecule has 10 heteroatoms. The predicted molar refractivity (Wildman–Crippen MR) is 122 cm³/mol. The standard InChI is InChI=1S/C23H31N3O6S/c1-2-8-21(23(28)24-15-18-9-6-13-31-18)26(17-19-10-7-14-32-19)22(27)16-25-33(29,30)20-11-4-3-5-12-20/h3-5,7,10-12,14,18,21,25H,2,6,8-9,13,15-17H2,1H3,(H,24,28)/t18-,21-/m0/s1. The number of nitrogens with zero attached hydrogens (tertiary/aromatic N) is 1. The van der Waals surface area contributed by atoms with E-state index in [0.29, 0.717) is 31.8 Å². The number of carbonyl (C=O) groups excluding carboxylic acids is 2. The lowest BCUT2D eigenvalue weighted by atomic mass is 10.1. The summed E-state index contributed by atoms with van der Waals surface area (Å²) in [5.74, 6) is -0.308. The lowest BCUT2D eigenvalue weighted by Crippen LogP contribution is -2.52. The maximum absolute atomic E-state index is 13.2. The van der Waals surface area contributed by atoms with E-state index in [1.165, 1.54) is 23.3 Å². The minimum atomic E-state index is -3.87. The molecule has 9 nitrogen and oxygen atoms in total. The second-order valence-electron chi connectivity index (χ2n) is 7.92. The van der Waals surface area contributed by atoms with Gasteiger partial charge in [0.25, 0.3) is 0 Å². The Morgan fingerprint density at radius 3 is 2.61 bits per heavy atom. The first-order valence-corrected chi connectivity index (χ1v) is 12.6. The summed E-state index contributed by atoms with van der Waals surface area (Å²) in [6.07, 6.45) is 4.40. The molecule has 0 radical (unpaired) electrons. The summed E-state index contributed by atoms with van der Waals surface area (Å²) in [6.45, 7) is 2.56. The van der Waals surface area contributed by atoms with Crippen LogP contribution in [0.2, 0.25) is 0 Å². The van der Waals surface area contributed by atoms with Gasteiger partial charge < -0.3 is 19.4 Å². The first-order valence-electron chi connectivity index (χ1n) is 11.2. The Balaban J connectivity index is 1.73. The monoisotopic (exact) mass is 477 g/mol. The highest BCUT2D eigenvalue weighted by atomic mass is 32.2. The lowest BCUT2D eigenvalue weighted by molar-refractivity contribution is -0.141. The van der Waals surface area contributed by atoms with E-state index in [0.717, 1.165) is 12.8 Å². The van der Waals surface area contributed by atoms with Gasteiger partial charge in [-0.2, -0.15) is 0 Å². The van der Waals surface area contributed by atoms with E-state index in [4.69, 9.17) is 9.15 Å². The van der Waals surface area contributed by atoms with E-state index in [9.17, 15) is 18.0 Å². The van der Waals surface area contributed by atoms with Gasteiger partial charge in [-0.3, -0.25) is 9.59 Å². The van der Waals surface area contributed by atoms with Gasteiger partial charge in [-0.1, -0.05) is 31.5 Å². The Kier molecular flexibility index (Phi) is 9.04. The van der Waals surface area contributed by atoms with E-state index in [-0.39, 0.29) is 23.5 Å². The van der Waals surface area contributed by atoms with Crippen LogP contribution in [0, 0.1) is 0 Å². The van der Waals surface area contributed by atoms with Crippen molar-refractivity contribution >= 4 is 21.8 Å². The highest BCUT2D eigenvalue weighted by Gasteiger charge is 2.31. The molecule has 0 bridgehead atoms. The van der Waals surface area contributed by atoms with Gasteiger partial charge in [-0.25, -0.2) is 13.1 Å². The first kappa shape index (κ1) is 24.9. The van der Waals surface area contributed by atoms with Crippen LogP contribution >= 0.6 is 0 Å². The van der Waals surface area contributed by atoms with Gasteiger partial charge in [-0.05, 0) is 43.5 Å². The Labute approximate surface area is 194 Å². The van der Waals surface area contributed by atoms with E-state index >= 15 is 0 Å². The largest absolute Gasteiger partial charge is 0.467 e. The van der Waals surface area contributed by atoms with Crippen LogP contribution in [-0.2, 0) is 30.9 Å². The zero-order valence-electron chi connectivity index (χ0n) is 18.7. The molecule has 1 aliphatic heterocycles. The van der Waals surface area contributed by atoms with Crippen molar-refractivity contribution in [1.82, 2.24) is 14.9 Å². The molecule has 2 amide bonds. The predicted octanol–water partition coefficient (Wildman–Crippen LogP) is 2.05. The number of rotatable bonds is 12. The Hall–Kier alpha value is -2.69. The Morgan fingerprint density at radius 2 is 1.97 bits per heavy atom. The highest BCUT2D eigenvalue weighted by molar-refractivity contribution is 7.89. The average molecular weight is 478 g/mol. The summed E-state index contributed by atoms with van der Waals surface area (Å²) in [5.41, 5.74) is 0. The van der Waals surface area contributed by atoms with Gasteiger partial charge in [0.15, 0.2) is 0 Å². The van der Waals surface area contributed by atoms with E-state index in [1.807, 2.05) is 6.92 Å². The zero-order valence-corrected chi connectivity index (χ0v) is 19.6. The number of nitrogens with one attached hydrogen (secondary N) is 2. The van der Waals surface area contributed by atoms with Crippen molar-refractivity contribution < 1.29 is 27.2 Å². The molecule has 2 atom stereocenters. The fraction of sp³-hybridized carbons (Fsp3) is 0.478. The normalized spacial score (nSPS) is 16.9. The van der Waals surface area contributed by atoms with Gasteiger partial charge in [-0.15, -0.1) is 0 Å². The van der Waals surface area contributed by atoms with Gasteiger partial charge in [0.1, 0.15) is 11.8 Å². The molecule has 1 fully saturated rings. The average Bonchev–Trinajstić information content (AvgIpc) is 3.53. The number of ether oxygens (including phenoxy) is 1. The number of sulfonamides is 1. The fourth-order valence-corrected chi connectivity index (χ4v) is 4.72. The van der Waals surface area contributed by atoms with Crippen molar-refractivity contribution in [3.05, 3.63) is 54.5 Å². The van der Waals surface area contributed by atoms with Crippen LogP contribution in [0.3, 0.4) is 0 Å². The molecule has 0 spiro atoms. The molecule has 0 saturated carbocycles. The van der Waals surface area contributed by atoms with Gasteiger partial charge >= 0.3 is 0 Å². The molecule has 0 unspecified atom stereocenters. The lowest BCUT2D eigenvalue weighted by Gasteiger charge is -2.30. The van der Waals surface area contributed by atoms with Crippen molar-refractivity contribution in [2.75, 3.05) is 19.7 Å². The third-order valence-electron chi connectivity index (χ3n) is 5.46. The molecule has 2 N–H and O–H groups in total. The Morgan fingerprint density at radius 1 is 1.18 bits per heavy atom.